The molecule has 0 spiro atoms. The fourth-order valence-corrected chi connectivity index (χ4v) is 1.62. The molecule has 0 aliphatic carbocycles. The maximum atomic E-state index is 9.08. The van der Waals surface area contributed by atoms with Crippen LogP contribution < -0.4 is 5.32 Å². The highest BCUT2D eigenvalue weighted by molar-refractivity contribution is 4.87. The summed E-state index contributed by atoms with van der Waals surface area (Å²) in [6, 6.07) is 0. The minimum absolute atomic E-state index is 0.128. The Morgan fingerprint density at radius 3 is 2.27 bits per heavy atom. The third-order valence-corrected chi connectivity index (χ3v) is 2.89. The van der Waals surface area contributed by atoms with Gasteiger partial charge in [-0.15, -0.1) is 0 Å². The fraction of sp³-hybridized carbons (Fsp3) is 1.00. The van der Waals surface area contributed by atoms with Crippen LogP contribution in [0.2, 0.25) is 0 Å². The van der Waals surface area contributed by atoms with Crippen LogP contribution in [-0.2, 0) is 4.74 Å². The first-order valence-electron chi connectivity index (χ1n) is 5.45. The molecular formula is C10H21NO4. The van der Waals surface area contributed by atoms with Gasteiger partial charge < -0.3 is 25.4 Å². The molecular weight excluding hydrogens is 198 g/mol. The monoisotopic (exact) mass is 219 g/mol. The van der Waals surface area contributed by atoms with Gasteiger partial charge in [0.15, 0.2) is 0 Å². The van der Waals surface area contributed by atoms with Crippen molar-refractivity contribution in [2.45, 2.75) is 30.9 Å². The Labute approximate surface area is 90.1 Å². The summed E-state index contributed by atoms with van der Waals surface area (Å²) in [4.78, 5) is 0. The Balaban J connectivity index is 2.31. The maximum Gasteiger partial charge on any atom is 0.0882 e. The zero-order valence-electron chi connectivity index (χ0n) is 8.98. The topological polar surface area (TPSA) is 82.0 Å². The van der Waals surface area contributed by atoms with Gasteiger partial charge in [0.25, 0.3) is 0 Å². The lowest BCUT2D eigenvalue weighted by molar-refractivity contribution is -0.00676. The number of nitrogens with one attached hydrogen (secondary N) is 1. The number of hydrogen-bond acceptors (Lipinski definition) is 5. The minimum atomic E-state index is -0.985. The molecule has 1 aliphatic rings. The average Bonchev–Trinajstić information content (AvgIpc) is 2.33. The van der Waals surface area contributed by atoms with E-state index in [1.54, 1.807) is 0 Å². The largest absolute Gasteiger partial charge is 0.394 e. The van der Waals surface area contributed by atoms with E-state index < -0.39 is 5.54 Å². The molecule has 1 saturated heterocycles. The predicted octanol–water partition coefficient (Wildman–Crippen LogP) is -1.14. The van der Waals surface area contributed by atoms with Gasteiger partial charge in [-0.05, 0) is 19.3 Å². The molecule has 5 nitrogen and oxygen atoms in total. The standard InChI is InChI=1S/C10H21NO4/c12-6-10(7-13,8-14)11-5-9-3-1-2-4-15-9/h9,11-14H,1-8H2. The van der Waals surface area contributed by atoms with Crippen molar-refractivity contribution in [2.24, 2.45) is 0 Å². The quantitative estimate of drug-likeness (QED) is 0.454. The second-order valence-electron chi connectivity index (χ2n) is 4.12. The minimum Gasteiger partial charge on any atom is -0.394 e. The number of aliphatic hydroxyl groups is 3. The second-order valence-corrected chi connectivity index (χ2v) is 4.12. The van der Waals surface area contributed by atoms with Gasteiger partial charge in [0.2, 0.25) is 0 Å². The molecule has 0 aromatic carbocycles. The van der Waals surface area contributed by atoms with Crippen LogP contribution in [0.1, 0.15) is 19.3 Å². The third-order valence-electron chi connectivity index (χ3n) is 2.89. The molecule has 0 saturated carbocycles. The summed E-state index contributed by atoms with van der Waals surface area (Å²) in [6.45, 7) is 0.477. The van der Waals surface area contributed by atoms with Crippen molar-refractivity contribution >= 4 is 0 Å². The molecule has 1 aliphatic heterocycles. The highest BCUT2D eigenvalue weighted by Crippen LogP contribution is 2.13. The molecule has 0 aromatic heterocycles. The molecule has 1 heterocycles. The third kappa shape index (κ3) is 3.70. The highest BCUT2D eigenvalue weighted by atomic mass is 16.5. The highest BCUT2D eigenvalue weighted by Gasteiger charge is 2.28. The molecule has 0 radical (unpaired) electrons. The van der Waals surface area contributed by atoms with Gasteiger partial charge in [-0.1, -0.05) is 0 Å². The Bertz CT molecular complexity index is 159. The van der Waals surface area contributed by atoms with Crippen LogP contribution in [0.25, 0.3) is 0 Å². The van der Waals surface area contributed by atoms with E-state index in [0.717, 1.165) is 25.9 Å². The van der Waals surface area contributed by atoms with Gasteiger partial charge in [0, 0.05) is 13.2 Å². The first-order chi connectivity index (χ1) is 7.26. The van der Waals surface area contributed by atoms with E-state index in [4.69, 9.17) is 20.1 Å². The summed E-state index contributed by atoms with van der Waals surface area (Å²) >= 11 is 0. The Morgan fingerprint density at radius 2 is 1.80 bits per heavy atom. The van der Waals surface area contributed by atoms with Crippen LogP contribution in [0.5, 0.6) is 0 Å². The van der Waals surface area contributed by atoms with E-state index in [1.165, 1.54) is 0 Å². The van der Waals surface area contributed by atoms with Crippen molar-refractivity contribution in [3.05, 3.63) is 0 Å². The summed E-state index contributed by atoms with van der Waals surface area (Å²) in [7, 11) is 0. The van der Waals surface area contributed by atoms with E-state index in [9.17, 15) is 0 Å². The normalized spacial score (nSPS) is 23.0. The molecule has 1 rings (SSSR count). The van der Waals surface area contributed by atoms with E-state index in [0.29, 0.717) is 6.54 Å². The Hall–Kier alpha value is -0.200. The van der Waals surface area contributed by atoms with Crippen LogP contribution >= 0.6 is 0 Å². The number of rotatable bonds is 6. The summed E-state index contributed by atoms with van der Waals surface area (Å²) < 4.78 is 5.50. The Morgan fingerprint density at radius 1 is 1.13 bits per heavy atom. The summed E-state index contributed by atoms with van der Waals surface area (Å²) in [5, 5.41) is 30.2. The fourth-order valence-electron chi connectivity index (χ4n) is 1.62. The van der Waals surface area contributed by atoms with E-state index in [2.05, 4.69) is 5.32 Å². The molecule has 1 atom stereocenters. The molecule has 0 amide bonds. The van der Waals surface area contributed by atoms with Crippen molar-refractivity contribution < 1.29 is 20.1 Å². The average molecular weight is 219 g/mol. The van der Waals surface area contributed by atoms with Crippen molar-refractivity contribution in [1.82, 2.24) is 5.32 Å². The first-order valence-corrected chi connectivity index (χ1v) is 5.45. The van der Waals surface area contributed by atoms with Crippen molar-refractivity contribution in [1.29, 1.82) is 0 Å². The van der Waals surface area contributed by atoms with Crippen molar-refractivity contribution in [2.75, 3.05) is 33.0 Å². The number of ether oxygens (including phenoxy) is 1. The van der Waals surface area contributed by atoms with E-state index in [1.807, 2.05) is 0 Å². The Kier molecular flexibility index (Phi) is 5.49. The lowest BCUT2D eigenvalue weighted by Gasteiger charge is -2.32. The zero-order valence-corrected chi connectivity index (χ0v) is 8.98. The molecule has 15 heavy (non-hydrogen) atoms. The van der Waals surface area contributed by atoms with Gasteiger partial charge in [0.05, 0.1) is 31.5 Å². The molecule has 1 unspecified atom stereocenters. The predicted molar refractivity (Wildman–Crippen MR) is 55.6 cm³/mol. The summed E-state index contributed by atoms with van der Waals surface area (Å²) in [6.07, 6.45) is 3.37. The van der Waals surface area contributed by atoms with Crippen LogP contribution in [0, 0.1) is 0 Å². The molecule has 0 bridgehead atoms. The SMILES string of the molecule is OCC(CO)(CO)NCC1CCCCO1. The molecule has 5 heteroatoms. The van der Waals surface area contributed by atoms with Gasteiger partial charge in [-0.3, -0.25) is 0 Å². The van der Waals surface area contributed by atoms with Gasteiger partial charge in [0.1, 0.15) is 0 Å². The van der Waals surface area contributed by atoms with Crippen LogP contribution in [-0.4, -0.2) is 59.9 Å². The molecule has 90 valence electrons. The number of aliphatic hydroxyl groups excluding tert-OH is 3. The second kappa shape index (κ2) is 6.40. The van der Waals surface area contributed by atoms with Crippen LogP contribution in [0.4, 0.5) is 0 Å². The first kappa shape index (κ1) is 12.9. The molecule has 1 fully saturated rings. The maximum absolute atomic E-state index is 9.08. The van der Waals surface area contributed by atoms with Crippen LogP contribution in [0.15, 0.2) is 0 Å². The van der Waals surface area contributed by atoms with Gasteiger partial charge >= 0.3 is 0 Å². The number of hydrogen-bond donors (Lipinski definition) is 4. The summed E-state index contributed by atoms with van der Waals surface area (Å²) in [5.41, 5.74) is -0.985. The molecule has 0 aromatic rings. The van der Waals surface area contributed by atoms with Crippen molar-refractivity contribution in [3.8, 4) is 0 Å². The smallest absolute Gasteiger partial charge is 0.0882 e. The lowest BCUT2D eigenvalue weighted by Crippen LogP contribution is -2.57. The van der Waals surface area contributed by atoms with Gasteiger partial charge in [-0.25, -0.2) is 0 Å². The lowest BCUT2D eigenvalue weighted by atomic mass is 10.0. The molecule has 4 N–H and O–H groups in total. The van der Waals surface area contributed by atoms with Crippen LogP contribution in [0.3, 0.4) is 0 Å². The summed E-state index contributed by atoms with van der Waals surface area (Å²) in [5.74, 6) is 0. The van der Waals surface area contributed by atoms with E-state index in [-0.39, 0.29) is 25.9 Å². The van der Waals surface area contributed by atoms with E-state index >= 15 is 0 Å². The zero-order chi connectivity index (χ0) is 11.1. The van der Waals surface area contributed by atoms with Gasteiger partial charge in [-0.2, -0.15) is 0 Å². The van der Waals surface area contributed by atoms with Crippen molar-refractivity contribution in [3.63, 3.8) is 0 Å².